The predicted molar refractivity (Wildman–Crippen MR) is 73.3 cm³/mol. The van der Waals surface area contributed by atoms with E-state index >= 15 is 0 Å². The molecule has 5 heteroatoms. The van der Waals surface area contributed by atoms with Gasteiger partial charge in [0.1, 0.15) is 11.5 Å². The van der Waals surface area contributed by atoms with Crippen LogP contribution in [0.3, 0.4) is 0 Å². The molecule has 0 aromatic heterocycles. The highest BCUT2D eigenvalue weighted by Crippen LogP contribution is 2.21. The summed E-state index contributed by atoms with van der Waals surface area (Å²) in [6, 6.07) is 16.8. The van der Waals surface area contributed by atoms with Gasteiger partial charge < -0.3 is 19.4 Å². The van der Waals surface area contributed by atoms with Crippen molar-refractivity contribution in [1.82, 2.24) is 0 Å². The molecule has 0 heterocycles. The Labute approximate surface area is 111 Å². The summed E-state index contributed by atoms with van der Waals surface area (Å²) < 4.78 is 10.1. The fourth-order valence-corrected chi connectivity index (χ4v) is 1.46. The maximum absolute atomic E-state index is 8.50. The minimum atomic E-state index is -1.79. The minimum Gasteiger partial charge on any atom is -0.518 e. The molecule has 0 aliphatic rings. The third-order valence-corrected chi connectivity index (χ3v) is 2.32. The van der Waals surface area contributed by atoms with E-state index in [1.807, 2.05) is 54.6 Å². The van der Waals surface area contributed by atoms with Crippen LogP contribution >= 0.6 is 0 Å². The molecule has 0 unspecified atom stereocenters. The van der Waals surface area contributed by atoms with Gasteiger partial charge in [0, 0.05) is 0 Å². The quantitative estimate of drug-likeness (QED) is 0.637. The first kappa shape index (κ1) is 13.2. The monoisotopic (exact) mass is 256 g/mol. The van der Waals surface area contributed by atoms with Crippen LogP contribution in [-0.4, -0.2) is 17.4 Å². The molecule has 4 nitrogen and oxygen atoms in total. The van der Waals surface area contributed by atoms with Crippen LogP contribution in [0.2, 0.25) is 0 Å². The molecule has 0 aliphatic heterocycles. The van der Waals surface area contributed by atoms with Gasteiger partial charge in [0.2, 0.25) is 0 Å². The van der Waals surface area contributed by atoms with Gasteiger partial charge in [0.15, 0.2) is 0 Å². The maximum atomic E-state index is 8.50. The zero-order chi connectivity index (χ0) is 13.5. The Morgan fingerprint density at radius 1 is 0.842 bits per heavy atom. The Morgan fingerprint density at radius 3 is 2.11 bits per heavy atom. The van der Waals surface area contributed by atoms with E-state index in [2.05, 4.69) is 4.65 Å². The van der Waals surface area contributed by atoms with Crippen molar-refractivity contribution < 1.29 is 19.4 Å². The normalized spacial score (nSPS) is 10.4. The van der Waals surface area contributed by atoms with Crippen molar-refractivity contribution in [2.45, 2.75) is 0 Å². The summed E-state index contributed by atoms with van der Waals surface area (Å²) >= 11 is 0. The highest BCUT2D eigenvalue weighted by Gasteiger charge is 2.05. The minimum absolute atomic E-state index is 0.728. The summed E-state index contributed by atoms with van der Waals surface area (Å²) in [5, 5.41) is 17.0. The summed E-state index contributed by atoms with van der Waals surface area (Å²) in [6.07, 6.45) is 2.84. The van der Waals surface area contributed by atoms with Crippen LogP contribution in [-0.2, 0) is 4.65 Å². The first-order valence-corrected chi connectivity index (χ1v) is 5.75. The molecule has 0 atom stereocenters. The van der Waals surface area contributed by atoms with Gasteiger partial charge in [-0.3, -0.25) is 0 Å². The third-order valence-electron chi connectivity index (χ3n) is 2.32. The topological polar surface area (TPSA) is 58.9 Å². The van der Waals surface area contributed by atoms with Gasteiger partial charge in [-0.1, -0.05) is 30.3 Å². The summed E-state index contributed by atoms with van der Waals surface area (Å²) in [5.41, 5.74) is 0.862. The lowest BCUT2D eigenvalue weighted by atomic mass is 10.2. The molecule has 2 N–H and O–H groups in total. The van der Waals surface area contributed by atoms with Crippen molar-refractivity contribution in [2.24, 2.45) is 0 Å². The lowest BCUT2D eigenvalue weighted by Crippen LogP contribution is -2.12. The molecular formula is C14H13BO4. The second kappa shape index (κ2) is 6.63. The summed E-state index contributed by atoms with van der Waals surface area (Å²) in [4.78, 5) is 0. The fourth-order valence-electron chi connectivity index (χ4n) is 1.46. The molecular weight excluding hydrogens is 243 g/mol. The first-order chi connectivity index (χ1) is 9.24. The molecule has 19 heavy (non-hydrogen) atoms. The molecule has 0 saturated heterocycles. The van der Waals surface area contributed by atoms with Gasteiger partial charge >= 0.3 is 7.32 Å². The Morgan fingerprint density at radius 2 is 1.47 bits per heavy atom. The van der Waals surface area contributed by atoms with Crippen LogP contribution in [0, 0.1) is 0 Å². The largest absolute Gasteiger partial charge is 0.707 e. The number of ether oxygens (including phenoxy) is 1. The fraction of sp³-hybridized carbons (Fsp3) is 0. The Balaban J connectivity index is 1.97. The average Bonchev–Trinajstić information content (AvgIpc) is 2.42. The van der Waals surface area contributed by atoms with Crippen molar-refractivity contribution in [2.75, 3.05) is 0 Å². The van der Waals surface area contributed by atoms with Crippen LogP contribution in [0.25, 0.3) is 6.08 Å². The zero-order valence-electron chi connectivity index (χ0n) is 10.1. The SMILES string of the molecule is OB(O)O/C=C/c1ccc(Oc2ccccc2)cc1. The lowest BCUT2D eigenvalue weighted by Gasteiger charge is -2.05. The summed E-state index contributed by atoms with van der Waals surface area (Å²) in [6.45, 7) is 0. The Hall–Kier alpha value is -2.24. The van der Waals surface area contributed by atoms with E-state index < -0.39 is 7.32 Å². The summed E-state index contributed by atoms with van der Waals surface area (Å²) in [5.74, 6) is 1.50. The standard InChI is InChI=1S/C14H13BO4/c16-15(17)18-11-10-12-6-8-14(9-7-12)19-13-4-2-1-3-5-13/h1-11,16-17H/b11-10+. The van der Waals surface area contributed by atoms with E-state index in [-0.39, 0.29) is 0 Å². The number of rotatable bonds is 5. The van der Waals surface area contributed by atoms with Crippen LogP contribution in [0.1, 0.15) is 5.56 Å². The van der Waals surface area contributed by atoms with Crippen molar-refractivity contribution in [1.29, 1.82) is 0 Å². The van der Waals surface area contributed by atoms with Crippen LogP contribution in [0.5, 0.6) is 11.5 Å². The zero-order valence-corrected chi connectivity index (χ0v) is 10.1. The molecule has 0 radical (unpaired) electrons. The molecule has 2 rings (SSSR count). The average molecular weight is 256 g/mol. The molecule has 0 spiro atoms. The summed E-state index contributed by atoms with van der Waals surface area (Å²) in [7, 11) is -1.79. The van der Waals surface area contributed by atoms with Gasteiger partial charge in [-0.25, -0.2) is 0 Å². The van der Waals surface area contributed by atoms with Crippen LogP contribution < -0.4 is 4.74 Å². The number of para-hydroxylation sites is 1. The van der Waals surface area contributed by atoms with E-state index in [1.165, 1.54) is 6.26 Å². The molecule has 0 amide bonds. The highest BCUT2D eigenvalue weighted by molar-refractivity contribution is 6.32. The maximum Gasteiger partial charge on any atom is 0.707 e. The van der Waals surface area contributed by atoms with E-state index in [4.69, 9.17) is 14.8 Å². The molecule has 0 saturated carbocycles. The van der Waals surface area contributed by atoms with E-state index in [0.717, 1.165) is 17.1 Å². The van der Waals surface area contributed by atoms with Gasteiger partial charge in [0.25, 0.3) is 0 Å². The highest BCUT2D eigenvalue weighted by atomic mass is 16.6. The predicted octanol–water partition coefficient (Wildman–Crippen LogP) is 2.44. The first-order valence-electron chi connectivity index (χ1n) is 5.75. The van der Waals surface area contributed by atoms with Crippen molar-refractivity contribution in [3.8, 4) is 11.5 Å². The Kier molecular flexibility index (Phi) is 4.61. The van der Waals surface area contributed by atoms with Crippen LogP contribution in [0.15, 0.2) is 60.9 Å². The van der Waals surface area contributed by atoms with Crippen molar-refractivity contribution in [3.63, 3.8) is 0 Å². The Bertz CT molecular complexity index is 523. The molecule has 96 valence electrons. The van der Waals surface area contributed by atoms with E-state index in [9.17, 15) is 0 Å². The smallest absolute Gasteiger partial charge is 0.518 e. The second-order valence-corrected chi connectivity index (χ2v) is 3.75. The molecule has 0 aliphatic carbocycles. The molecule has 0 fully saturated rings. The van der Waals surface area contributed by atoms with Crippen molar-refractivity contribution in [3.05, 3.63) is 66.4 Å². The molecule has 2 aromatic carbocycles. The van der Waals surface area contributed by atoms with Gasteiger partial charge in [-0.05, 0) is 35.9 Å². The van der Waals surface area contributed by atoms with Gasteiger partial charge in [-0.15, -0.1) is 0 Å². The van der Waals surface area contributed by atoms with E-state index in [1.54, 1.807) is 6.08 Å². The third kappa shape index (κ3) is 4.50. The lowest BCUT2D eigenvalue weighted by molar-refractivity contribution is 0.258. The van der Waals surface area contributed by atoms with Gasteiger partial charge in [0.05, 0.1) is 6.26 Å². The van der Waals surface area contributed by atoms with Gasteiger partial charge in [-0.2, -0.15) is 0 Å². The molecule has 2 aromatic rings. The molecule has 0 bridgehead atoms. The van der Waals surface area contributed by atoms with Crippen molar-refractivity contribution >= 4 is 13.4 Å². The second-order valence-electron chi connectivity index (χ2n) is 3.75. The number of benzene rings is 2. The van der Waals surface area contributed by atoms with E-state index in [0.29, 0.717) is 0 Å². The number of hydrogen-bond donors (Lipinski definition) is 2. The van der Waals surface area contributed by atoms with Crippen LogP contribution in [0.4, 0.5) is 0 Å². The number of hydrogen-bond acceptors (Lipinski definition) is 4.